The normalized spacial score (nSPS) is 15.5. The largest absolute Gasteiger partial charge is 0.351 e. The maximum Gasteiger partial charge on any atom is 0.261 e. The Kier molecular flexibility index (Phi) is 5.66. The smallest absolute Gasteiger partial charge is 0.261 e. The number of benzene rings is 1. The summed E-state index contributed by atoms with van der Waals surface area (Å²) in [7, 11) is 0. The predicted octanol–water partition coefficient (Wildman–Crippen LogP) is 4.79. The Morgan fingerprint density at radius 3 is 2.71 bits per heavy atom. The molecule has 1 aliphatic heterocycles. The van der Waals surface area contributed by atoms with Gasteiger partial charge in [-0.25, -0.2) is 4.98 Å². The van der Waals surface area contributed by atoms with Crippen molar-refractivity contribution >= 4 is 38.4 Å². The molecule has 3 aromatic heterocycles. The number of nitrogens with one attached hydrogen (secondary N) is 1. The summed E-state index contributed by atoms with van der Waals surface area (Å²) in [5.74, 6) is 0.554. The first-order valence-corrected chi connectivity index (χ1v) is 11.7. The van der Waals surface area contributed by atoms with E-state index in [1.807, 2.05) is 24.5 Å². The molecular weight excluding hydrogens is 404 g/mol. The number of hydrogen-bond donors (Lipinski definition) is 1. The Morgan fingerprint density at radius 2 is 1.90 bits per heavy atom. The van der Waals surface area contributed by atoms with Crippen molar-refractivity contribution in [3.05, 3.63) is 70.9 Å². The van der Waals surface area contributed by atoms with Gasteiger partial charge in [-0.15, -0.1) is 11.3 Å². The molecule has 0 saturated carbocycles. The number of amides is 1. The average Bonchev–Trinajstić information content (AvgIpc) is 3.20. The van der Waals surface area contributed by atoms with Gasteiger partial charge in [0.15, 0.2) is 0 Å². The van der Waals surface area contributed by atoms with Gasteiger partial charge in [-0.3, -0.25) is 14.7 Å². The van der Waals surface area contributed by atoms with Crippen LogP contribution in [0.4, 0.5) is 0 Å². The van der Waals surface area contributed by atoms with Crippen LogP contribution in [0, 0.1) is 12.8 Å². The van der Waals surface area contributed by atoms with E-state index in [1.54, 1.807) is 0 Å². The first-order chi connectivity index (χ1) is 15.1. The Labute approximate surface area is 186 Å². The lowest BCUT2D eigenvalue weighted by atomic mass is 9.96. The van der Waals surface area contributed by atoms with Crippen LogP contribution < -0.4 is 5.32 Å². The fourth-order valence-corrected chi connectivity index (χ4v) is 5.22. The highest BCUT2D eigenvalue weighted by Crippen LogP contribution is 2.28. The Bertz CT molecular complexity index is 1210. The Hall–Kier alpha value is -2.83. The van der Waals surface area contributed by atoms with Crippen molar-refractivity contribution in [1.29, 1.82) is 0 Å². The number of carbonyl (C=O) groups excluding carboxylic acids is 1. The molecule has 0 aliphatic carbocycles. The molecule has 6 heteroatoms. The highest BCUT2D eigenvalue weighted by molar-refractivity contribution is 7.20. The number of rotatable bonds is 5. The molecular formula is C25H26N4OS. The molecule has 1 aliphatic rings. The molecule has 0 atom stereocenters. The van der Waals surface area contributed by atoms with Crippen molar-refractivity contribution in [1.82, 2.24) is 20.2 Å². The van der Waals surface area contributed by atoms with Gasteiger partial charge in [0.05, 0.1) is 10.4 Å². The summed E-state index contributed by atoms with van der Waals surface area (Å²) in [5, 5.41) is 5.32. The fourth-order valence-electron chi connectivity index (χ4n) is 4.29. The number of thiophene rings is 1. The van der Waals surface area contributed by atoms with Crippen LogP contribution in [0.1, 0.15) is 33.6 Å². The molecule has 5 nitrogen and oxygen atoms in total. The standard InChI is InChI=1S/C25H26N4OS/c1-17-2-3-22-20(12-17)13-21-14-23(31-25(21)28-22)24(30)27-15-18-6-10-29(11-7-18)16-19-4-8-26-9-5-19/h2-5,8-9,12-14,18H,6-7,10-11,15-16H2,1H3,(H,27,30). The number of likely N-dealkylation sites (tertiary alicyclic amines) is 1. The molecule has 0 unspecified atom stereocenters. The van der Waals surface area contributed by atoms with Crippen molar-refractivity contribution in [2.75, 3.05) is 19.6 Å². The van der Waals surface area contributed by atoms with E-state index in [9.17, 15) is 4.79 Å². The van der Waals surface area contributed by atoms with E-state index in [-0.39, 0.29) is 5.91 Å². The Morgan fingerprint density at radius 1 is 1.10 bits per heavy atom. The summed E-state index contributed by atoms with van der Waals surface area (Å²) in [6.07, 6.45) is 5.93. The van der Waals surface area contributed by atoms with E-state index in [0.29, 0.717) is 5.92 Å². The van der Waals surface area contributed by atoms with E-state index in [4.69, 9.17) is 4.98 Å². The molecule has 1 amide bonds. The van der Waals surface area contributed by atoms with Gasteiger partial charge in [0.2, 0.25) is 0 Å². The lowest BCUT2D eigenvalue weighted by Gasteiger charge is -2.32. The van der Waals surface area contributed by atoms with Gasteiger partial charge in [0.25, 0.3) is 5.91 Å². The molecule has 4 aromatic rings. The first kappa shape index (κ1) is 20.1. The molecule has 0 radical (unpaired) electrons. The third kappa shape index (κ3) is 4.60. The van der Waals surface area contributed by atoms with Crippen LogP contribution in [0.3, 0.4) is 0 Å². The van der Waals surface area contributed by atoms with Crippen LogP contribution in [-0.2, 0) is 6.54 Å². The highest BCUT2D eigenvalue weighted by atomic mass is 32.1. The van der Waals surface area contributed by atoms with Crippen LogP contribution in [0.2, 0.25) is 0 Å². The van der Waals surface area contributed by atoms with Crippen molar-refractivity contribution in [2.45, 2.75) is 26.3 Å². The quantitative estimate of drug-likeness (QED) is 0.494. The van der Waals surface area contributed by atoms with Crippen LogP contribution in [0.25, 0.3) is 21.1 Å². The molecule has 0 bridgehead atoms. The molecule has 31 heavy (non-hydrogen) atoms. The number of piperidine rings is 1. The summed E-state index contributed by atoms with van der Waals surface area (Å²) in [6.45, 7) is 5.94. The van der Waals surface area contributed by atoms with Gasteiger partial charge in [-0.1, -0.05) is 11.6 Å². The van der Waals surface area contributed by atoms with Crippen LogP contribution in [0.5, 0.6) is 0 Å². The number of nitrogens with zero attached hydrogens (tertiary/aromatic N) is 3. The van der Waals surface area contributed by atoms with Crippen molar-refractivity contribution in [3.63, 3.8) is 0 Å². The maximum atomic E-state index is 12.8. The number of pyridine rings is 2. The average molecular weight is 431 g/mol. The summed E-state index contributed by atoms with van der Waals surface area (Å²) in [4.78, 5) is 25.7. The molecule has 4 heterocycles. The van der Waals surface area contributed by atoms with Gasteiger partial charge >= 0.3 is 0 Å². The molecule has 1 saturated heterocycles. The first-order valence-electron chi connectivity index (χ1n) is 10.8. The highest BCUT2D eigenvalue weighted by Gasteiger charge is 2.20. The number of carbonyl (C=O) groups is 1. The fraction of sp³-hybridized carbons (Fsp3) is 0.320. The molecule has 1 fully saturated rings. The van der Waals surface area contributed by atoms with Gasteiger partial charge in [-0.05, 0) is 80.7 Å². The zero-order valence-electron chi connectivity index (χ0n) is 17.7. The monoisotopic (exact) mass is 430 g/mol. The number of aryl methyl sites for hydroxylation is 1. The third-order valence-corrected chi connectivity index (χ3v) is 7.14. The summed E-state index contributed by atoms with van der Waals surface area (Å²) in [6, 6.07) is 14.5. The van der Waals surface area contributed by atoms with E-state index < -0.39 is 0 Å². The zero-order chi connectivity index (χ0) is 21.2. The van der Waals surface area contributed by atoms with E-state index in [2.05, 4.69) is 52.5 Å². The Balaban J connectivity index is 1.17. The topological polar surface area (TPSA) is 58.1 Å². The van der Waals surface area contributed by atoms with Gasteiger partial charge in [0.1, 0.15) is 4.83 Å². The van der Waals surface area contributed by atoms with E-state index >= 15 is 0 Å². The SMILES string of the molecule is Cc1ccc2nc3sc(C(=O)NCC4CCN(Cc5ccncc5)CC4)cc3cc2c1. The van der Waals surface area contributed by atoms with Crippen molar-refractivity contribution in [3.8, 4) is 0 Å². The van der Waals surface area contributed by atoms with Gasteiger partial charge in [-0.2, -0.15) is 0 Å². The molecule has 158 valence electrons. The molecule has 1 N–H and O–H groups in total. The second-order valence-corrected chi connectivity index (χ2v) is 9.51. The number of aromatic nitrogens is 2. The minimum Gasteiger partial charge on any atom is -0.351 e. The number of hydrogen-bond acceptors (Lipinski definition) is 5. The van der Waals surface area contributed by atoms with Crippen molar-refractivity contribution in [2.24, 2.45) is 5.92 Å². The van der Waals surface area contributed by atoms with E-state index in [0.717, 1.165) is 65.0 Å². The lowest BCUT2D eigenvalue weighted by Crippen LogP contribution is -2.38. The summed E-state index contributed by atoms with van der Waals surface area (Å²) < 4.78 is 0. The zero-order valence-corrected chi connectivity index (χ0v) is 18.5. The minimum atomic E-state index is 0.0162. The van der Waals surface area contributed by atoms with E-state index in [1.165, 1.54) is 22.5 Å². The van der Waals surface area contributed by atoms with Gasteiger partial charge < -0.3 is 5.32 Å². The molecule has 1 aromatic carbocycles. The molecule has 0 spiro atoms. The maximum absolute atomic E-state index is 12.8. The third-order valence-electron chi connectivity index (χ3n) is 6.09. The van der Waals surface area contributed by atoms with Gasteiger partial charge in [0, 0.05) is 36.3 Å². The van der Waals surface area contributed by atoms with Crippen LogP contribution in [-0.4, -0.2) is 40.4 Å². The van der Waals surface area contributed by atoms with Crippen LogP contribution >= 0.6 is 11.3 Å². The molecule has 5 rings (SSSR count). The second kappa shape index (κ2) is 8.73. The lowest BCUT2D eigenvalue weighted by molar-refractivity contribution is 0.0939. The van der Waals surface area contributed by atoms with Crippen LogP contribution in [0.15, 0.2) is 54.9 Å². The van der Waals surface area contributed by atoms with Crippen molar-refractivity contribution < 1.29 is 4.79 Å². The minimum absolute atomic E-state index is 0.0162. The predicted molar refractivity (Wildman–Crippen MR) is 126 cm³/mol. The number of fused-ring (bicyclic) bond motifs is 2. The second-order valence-electron chi connectivity index (χ2n) is 8.47. The summed E-state index contributed by atoms with van der Waals surface area (Å²) in [5.41, 5.74) is 3.50. The summed E-state index contributed by atoms with van der Waals surface area (Å²) >= 11 is 1.48.